The second-order valence-corrected chi connectivity index (χ2v) is 3.62. The second-order valence-electron chi connectivity index (χ2n) is 3.62. The van der Waals surface area contributed by atoms with Gasteiger partial charge in [0.1, 0.15) is 0 Å². The van der Waals surface area contributed by atoms with E-state index in [4.69, 9.17) is 10.8 Å². The third-order valence-electron chi connectivity index (χ3n) is 2.33. The zero-order chi connectivity index (χ0) is 10.9. The van der Waals surface area contributed by atoms with Crippen LogP contribution in [0.3, 0.4) is 0 Å². The molecule has 3 N–H and O–H groups in total. The van der Waals surface area contributed by atoms with E-state index in [1.807, 2.05) is 19.9 Å². The second kappa shape index (κ2) is 3.80. The Kier molecular flexibility index (Phi) is 2.91. The molecule has 0 aliphatic rings. The van der Waals surface area contributed by atoms with Gasteiger partial charge in [-0.25, -0.2) is 4.79 Å². The molecule has 14 heavy (non-hydrogen) atoms. The molecular formula is C11H15NO2. The van der Waals surface area contributed by atoms with Gasteiger partial charge in [0, 0.05) is 6.04 Å². The van der Waals surface area contributed by atoms with Crippen LogP contribution in [0.2, 0.25) is 0 Å². The summed E-state index contributed by atoms with van der Waals surface area (Å²) in [5, 5.41) is 8.92. The number of rotatable bonds is 2. The molecule has 0 amide bonds. The maximum Gasteiger partial charge on any atom is 0.335 e. The Balaban J connectivity index is 3.34. The monoisotopic (exact) mass is 193 g/mol. The Morgan fingerprint density at radius 1 is 1.36 bits per heavy atom. The molecule has 3 nitrogen and oxygen atoms in total. The molecule has 76 valence electrons. The number of carbonyl (C=O) groups is 1. The van der Waals surface area contributed by atoms with Gasteiger partial charge < -0.3 is 10.8 Å². The number of aryl methyl sites for hydroxylation is 2. The SMILES string of the molecule is Cc1cc(C)c(C(C)N)cc1C(=O)O. The molecule has 0 saturated carbocycles. The Morgan fingerprint density at radius 3 is 2.36 bits per heavy atom. The molecule has 0 bridgehead atoms. The molecule has 1 atom stereocenters. The maximum absolute atomic E-state index is 10.9. The first kappa shape index (κ1) is 10.7. The standard InChI is InChI=1S/C11H15NO2/c1-6-4-7(2)10(11(13)14)5-9(6)8(3)12/h4-5,8H,12H2,1-3H3,(H,13,14). The first-order valence-electron chi connectivity index (χ1n) is 4.53. The highest BCUT2D eigenvalue weighted by atomic mass is 16.4. The lowest BCUT2D eigenvalue weighted by Gasteiger charge is -2.12. The molecule has 0 aliphatic heterocycles. The van der Waals surface area contributed by atoms with Crippen molar-refractivity contribution in [1.29, 1.82) is 0 Å². The van der Waals surface area contributed by atoms with Crippen molar-refractivity contribution in [3.63, 3.8) is 0 Å². The van der Waals surface area contributed by atoms with Crippen LogP contribution in [0.4, 0.5) is 0 Å². The fourth-order valence-corrected chi connectivity index (χ4v) is 1.59. The van der Waals surface area contributed by atoms with Crippen molar-refractivity contribution in [3.8, 4) is 0 Å². The summed E-state index contributed by atoms with van der Waals surface area (Å²) in [6, 6.07) is 3.40. The number of benzene rings is 1. The molecule has 0 aliphatic carbocycles. The molecular weight excluding hydrogens is 178 g/mol. The number of hydrogen-bond donors (Lipinski definition) is 2. The van der Waals surface area contributed by atoms with E-state index in [1.54, 1.807) is 13.0 Å². The summed E-state index contributed by atoms with van der Waals surface area (Å²) in [5.74, 6) is -0.899. The fraction of sp³-hybridized carbons (Fsp3) is 0.364. The predicted molar refractivity (Wildman–Crippen MR) is 55.5 cm³/mol. The molecule has 0 aromatic heterocycles. The van der Waals surface area contributed by atoms with Gasteiger partial charge in [0.2, 0.25) is 0 Å². The highest BCUT2D eigenvalue weighted by molar-refractivity contribution is 5.89. The van der Waals surface area contributed by atoms with Crippen LogP contribution < -0.4 is 5.73 Å². The van der Waals surface area contributed by atoms with Gasteiger partial charge in [-0.1, -0.05) is 6.07 Å². The van der Waals surface area contributed by atoms with E-state index in [-0.39, 0.29) is 6.04 Å². The number of aromatic carboxylic acids is 1. The highest BCUT2D eigenvalue weighted by Crippen LogP contribution is 2.20. The van der Waals surface area contributed by atoms with Gasteiger partial charge in [0.05, 0.1) is 5.56 Å². The predicted octanol–water partition coefficient (Wildman–Crippen LogP) is 2.02. The lowest BCUT2D eigenvalue weighted by atomic mass is 9.96. The van der Waals surface area contributed by atoms with E-state index >= 15 is 0 Å². The molecule has 0 heterocycles. The summed E-state index contributed by atoms with van der Waals surface area (Å²) in [6.45, 7) is 5.59. The summed E-state index contributed by atoms with van der Waals surface area (Å²) in [7, 11) is 0. The van der Waals surface area contributed by atoms with Crippen LogP contribution in [-0.4, -0.2) is 11.1 Å². The van der Waals surface area contributed by atoms with Crippen LogP contribution in [-0.2, 0) is 0 Å². The van der Waals surface area contributed by atoms with Crippen molar-refractivity contribution in [2.75, 3.05) is 0 Å². The average Bonchev–Trinajstić information content (AvgIpc) is 2.02. The average molecular weight is 193 g/mol. The van der Waals surface area contributed by atoms with E-state index in [0.29, 0.717) is 5.56 Å². The minimum Gasteiger partial charge on any atom is -0.478 e. The van der Waals surface area contributed by atoms with Gasteiger partial charge >= 0.3 is 5.97 Å². The van der Waals surface area contributed by atoms with Gasteiger partial charge in [-0.2, -0.15) is 0 Å². The maximum atomic E-state index is 10.9. The summed E-state index contributed by atoms with van der Waals surface area (Å²) < 4.78 is 0. The Bertz CT molecular complexity index is 370. The van der Waals surface area contributed by atoms with Gasteiger partial charge in [0.15, 0.2) is 0 Å². The first-order chi connectivity index (χ1) is 6.43. The molecule has 1 aromatic carbocycles. The van der Waals surface area contributed by atoms with Crippen molar-refractivity contribution >= 4 is 5.97 Å². The lowest BCUT2D eigenvalue weighted by molar-refractivity contribution is 0.0696. The van der Waals surface area contributed by atoms with Crippen LogP contribution >= 0.6 is 0 Å². The number of carboxylic acid groups (broad SMARTS) is 1. The van der Waals surface area contributed by atoms with Crippen molar-refractivity contribution in [2.45, 2.75) is 26.8 Å². The minimum absolute atomic E-state index is 0.131. The molecule has 1 unspecified atom stereocenters. The normalized spacial score (nSPS) is 12.6. The Morgan fingerprint density at radius 2 is 1.93 bits per heavy atom. The van der Waals surface area contributed by atoms with Crippen LogP contribution in [0.5, 0.6) is 0 Å². The first-order valence-corrected chi connectivity index (χ1v) is 4.53. The van der Waals surface area contributed by atoms with Gasteiger partial charge in [-0.15, -0.1) is 0 Å². The minimum atomic E-state index is -0.899. The van der Waals surface area contributed by atoms with Crippen molar-refractivity contribution in [3.05, 3.63) is 34.4 Å². The third-order valence-corrected chi connectivity index (χ3v) is 2.33. The molecule has 1 aromatic rings. The lowest BCUT2D eigenvalue weighted by Crippen LogP contribution is -2.10. The molecule has 3 heteroatoms. The smallest absolute Gasteiger partial charge is 0.335 e. The third kappa shape index (κ3) is 1.93. The zero-order valence-electron chi connectivity index (χ0n) is 8.66. The molecule has 0 spiro atoms. The van der Waals surface area contributed by atoms with E-state index in [2.05, 4.69) is 0 Å². The molecule has 0 radical (unpaired) electrons. The molecule has 0 saturated heterocycles. The zero-order valence-corrected chi connectivity index (χ0v) is 8.66. The van der Waals surface area contributed by atoms with Crippen LogP contribution in [0.25, 0.3) is 0 Å². The van der Waals surface area contributed by atoms with E-state index in [9.17, 15) is 4.79 Å². The molecule has 1 rings (SSSR count). The topological polar surface area (TPSA) is 63.3 Å². The Labute approximate surface area is 83.6 Å². The summed E-state index contributed by atoms with van der Waals surface area (Å²) in [4.78, 5) is 10.9. The summed E-state index contributed by atoms with van der Waals surface area (Å²) in [5.41, 5.74) is 8.79. The van der Waals surface area contributed by atoms with Crippen LogP contribution in [0, 0.1) is 13.8 Å². The van der Waals surface area contributed by atoms with Crippen molar-refractivity contribution in [1.82, 2.24) is 0 Å². The summed E-state index contributed by atoms with van der Waals surface area (Å²) >= 11 is 0. The van der Waals surface area contributed by atoms with E-state index in [1.165, 1.54) is 0 Å². The van der Waals surface area contributed by atoms with Gasteiger partial charge in [-0.05, 0) is 43.5 Å². The Hall–Kier alpha value is -1.35. The van der Waals surface area contributed by atoms with Crippen molar-refractivity contribution < 1.29 is 9.90 Å². The number of carboxylic acids is 1. The van der Waals surface area contributed by atoms with E-state index in [0.717, 1.165) is 16.7 Å². The largest absolute Gasteiger partial charge is 0.478 e. The fourth-order valence-electron chi connectivity index (χ4n) is 1.59. The highest BCUT2D eigenvalue weighted by Gasteiger charge is 2.12. The molecule has 0 fully saturated rings. The van der Waals surface area contributed by atoms with Crippen LogP contribution in [0.15, 0.2) is 12.1 Å². The van der Waals surface area contributed by atoms with Crippen LogP contribution in [0.1, 0.15) is 40.0 Å². The van der Waals surface area contributed by atoms with Gasteiger partial charge in [-0.3, -0.25) is 0 Å². The number of nitrogens with two attached hydrogens (primary N) is 1. The number of hydrogen-bond acceptors (Lipinski definition) is 2. The quantitative estimate of drug-likeness (QED) is 0.755. The summed E-state index contributed by atoms with van der Waals surface area (Å²) in [6.07, 6.45) is 0. The van der Waals surface area contributed by atoms with E-state index < -0.39 is 5.97 Å². The van der Waals surface area contributed by atoms with Gasteiger partial charge in [0.25, 0.3) is 0 Å². The van der Waals surface area contributed by atoms with Crippen molar-refractivity contribution in [2.24, 2.45) is 5.73 Å².